The molecule has 12 heavy (non-hydrogen) atoms. The van der Waals surface area contributed by atoms with Crippen LogP contribution < -0.4 is 0 Å². The summed E-state index contributed by atoms with van der Waals surface area (Å²) in [7, 11) is 0. The van der Waals surface area contributed by atoms with Crippen molar-refractivity contribution in [3.8, 4) is 0 Å². The largest absolute Gasteiger partial charge is 0.367 e. The highest BCUT2D eigenvalue weighted by Gasteiger charge is 2.27. The van der Waals surface area contributed by atoms with E-state index < -0.39 is 4.32 Å². The van der Waals surface area contributed by atoms with E-state index in [1.807, 2.05) is 13.8 Å². The van der Waals surface area contributed by atoms with Gasteiger partial charge in [0, 0.05) is 13.1 Å². The molecule has 0 heterocycles. The predicted octanol–water partition coefficient (Wildman–Crippen LogP) is 1.96. The number of hydrogen-bond acceptors (Lipinski definition) is 3. The molecule has 0 amide bonds. The van der Waals surface area contributed by atoms with Crippen molar-refractivity contribution in [2.24, 2.45) is 0 Å². The molecule has 0 aromatic rings. The Morgan fingerprint density at radius 3 is 2.08 bits per heavy atom. The molecule has 0 aromatic carbocycles. The van der Waals surface area contributed by atoms with Gasteiger partial charge in [0.25, 0.3) is 0 Å². The summed E-state index contributed by atoms with van der Waals surface area (Å²) in [6.07, 6.45) is 0. The second-order valence-corrected chi connectivity index (χ2v) is 4.95. The molecule has 0 unspecified atom stereocenters. The Morgan fingerprint density at radius 2 is 1.83 bits per heavy atom. The summed E-state index contributed by atoms with van der Waals surface area (Å²) in [6.45, 7) is 8.84. The standard InChI is InChI=1S/C8H16BrNO2/c1-5-10(6-2)12-7(11)8(3,4)9/h5-6H2,1-4H3. The molecule has 0 saturated heterocycles. The number of carbonyl (C=O) groups excluding carboxylic acids is 1. The average molecular weight is 238 g/mol. The smallest absolute Gasteiger partial charge is 0.341 e. The quantitative estimate of drug-likeness (QED) is 0.553. The highest BCUT2D eigenvalue weighted by atomic mass is 79.9. The molecule has 0 aliphatic rings. The third kappa shape index (κ3) is 4.07. The first-order valence-electron chi connectivity index (χ1n) is 4.08. The van der Waals surface area contributed by atoms with Crippen LogP contribution in [0.3, 0.4) is 0 Å². The lowest BCUT2D eigenvalue weighted by atomic mass is 10.2. The van der Waals surface area contributed by atoms with Crippen LogP contribution in [0.5, 0.6) is 0 Å². The zero-order chi connectivity index (χ0) is 9.78. The molecule has 72 valence electrons. The molecule has 0 aliphatic heterocycles. The molecule has 4 heteroatoms. The predicted molar refractivity (Wildman–Crippen MR) is 52.0 cm³/mol. The summed E-state index contributed by atoms with van der Waals surface area (Å²) in [5.74, 6) is -0.258. The molecule has 0 aromatic heterocycles. The van der Waals surface area contributed by atoms with Gasteiger partial charge in [-0.3, -0.25) is 0 Å². The molecule has 0 fully saturated rings. The lowest BCUT2D eigenvalue weighted by molar-refractivity contribution is -0.190. The molecule has 0 aliphatic carbocycles. The summed E-state index contributed by atoms with van der Waals surface area (Å²) < 4.78 is -0.602. The fraction of sp³-hybridized carbons (Fsp3) is 0.875. The van der Waals surface area contributed by atoms with Crippen molar-refractivity contribution in [1.82, 2.24) is 5.06 Å². The highest BCUT2D eigenvalue weighted by Crippen LogP contribution is 2.17. The zero-order valence-corrected chi connectivity index (χ0v) is 9.64. The summed E-state index contributed by atoms with van der Waals surface area (Å²) in [4.78, 5) is 16.3. The SMILES string of the molecule is CCN(CC)OC(=O)C(C)(C)Br. The van der Waals surface area contributed by atoms with Crippen LogP contribution >= 0.6 is 15.9 Å². The molecule has 3 nitrogen and oxygen atoms in total. The van der Waals surface area contributed by atoms with Crippen LogP contribution in [0, 0.1) is 0 Å². The minimum Gasteiger partial charge on any atom is -0.367 e. The van der Waals surface area contributed by atoms with Crippen molar-refractivity contribution in [1.29, 1.82) is 0 Å². The van der Waals surface area contributed by atoms with Crippen LogP contribution in [0.25, 0.3) is 0 Å². The molecule has 0 rings (SSSR count). The van der Waals surface area contributed by atoms with Gasteiger partial charge in [-0.2, -0.15) is 0 Å². The van der Waals surface area contributed by atoms with Gasteiger partial charge in [0.15, 0.2) is 0 Å². The number of rotatable bonds is 4. The lowest BCUT2D eigenvalue weighted by Gasteiger charge is -2.21. The number of alkyl halides is 1. The second-order valence-electron chi connectivity index (χ2n) is 2.97. The monoisotopic (exact) mass is 237 g/mol. The molecule has 0 spiro atoms. The van der Waals surface area contributed by atoms with Gasteiger partial charge in [0.2, 0.25) is 0 Å². The maximum atomic E-state index is 11.3. The van der Waals surface area contributed by atoms with E-state index in [4.69, 9.17) is 4.84 Å². The van der Waals surface area contributed by atoms with E-state index in [0.29, 0.717) is 13.1 Å². The van der Waals surface area contributed by atoms with Crippen molar-refractivity contribution in [3.63, 3.8) is 0 Å². The summed E-state index contributed by atoms with van der Waals surface area (Å²) >= 11 is 3.23. The Balaban J connectivity index is 3.99. The van der Waals surface area contributed by atoms with E-state index in [0.717, 1.165) is 0 Å². The van der Waals surface area contributed by atoms with Crippen LogP contribution in [0.2, 0.25) is 0 Å². The average Bonchev–Trinajstić information content (AvgIpc) is 1.97. The number of hydroxylamine groups is 2. The highest BCUT2D eigenvalue weighted by molar-refractivity contribution is 9.10. The maximum absolute atomic E-state index is 11.3. The van der Waals surface area contributed by atoms with E-state index in [-0.39, 0.29) is 5.97 Å². The third-order valence-corrected chi connectivity index (χ3v) is 1.73. The van der Waals surface area contributed by atoms with Crippen LogP contribution in [-0.2, 0) is 9.63 Å². The van der Waals surface area contributed by atoms with Gasteiger partial charge in [0.05, 0.1) is 0 Å². The van der Waals surface area contributed by atoms with Gasteiger partial charge in [-0.05, 0) is 27.7 Å². The third-order valence-electron chi connectivity index (χ3n) is 1.40. The van der Waals surface area contributed by atoms with Crippen molar-refractivity contribution in [2.45, 2.75) is 32.0 Å². The fourth-order valence-electron chi connectivity index (χ4n) is 0.578. The van der Waals surface area contributed by atoms with Gasteiger partial charge in [0.1, 0.15) is 4.32 Å². The molecular formula is C8H16BrNO2. The first kappa shape index (κ1) is 11.9. The number of carbonyl (C=O) groups is 1. The van der Waals surface area contributed by atoms with E-state index >= 15 is 0 Å². The molecule has 0 atom stereocenters. The Bertz CT molecular complexity index is 150. The summed E-state index contributed by atoms with van der Waals surface area (Å²) in [6, 6.07) is 0. The Labute approximate surface area is 82.2 Å². The molecular weight excluding hydrogens is 222 g/mol. The van der Waals surface area contributed by atoms with E-state index in [9.17, 15) is 4.79 Å². The topological polar surface area (TPSA) is 29.5 Å². The van der Waals surface area contributed by atoms with Gasteiger partial charge in [-0.1, -0.05) is 15.9 Å². The number of nitrogens with zero attached hydrogens (tertiary/aromatic N) is 1. The maximum Gasteiger partial charge on any atom is 0.341 e. The van der Waals surface area contributed by atoms with Gasteiger partial charge in [-0.25, -0.2) is 4.79 Å². The first-order valence-corrected chi connectivity index (χ1v) is 4.87. The fourth-order valence-corrected chi connectivity index (χ4v) is 0.651. The zero-order valence-electron chi connectivity index (χ0n) is 8.06. The Kier molecular flexibility index (Phi) is 4.78. The normalized spacial score (nSPS) is 11.8. The van der Waals surface area contributed by atoms with Crippen LogP contribution in [0.4, 0.5) is 0 Å². The van der Waals surface area contributed by atoms with Crippen molar-refractivity contribution >= 4 is 21.9 Å². The molecule has 0 saturated carbocycles. The van der Waals surface area contributed by atoms with Crippen molar-refractivity contribution in [3.05, 3.63) is 0 Å². The molecule has 0 N–H and O–H groups in total. The van der Waals surface area contributed by atoms with Crippen LogP contribution in [-0.4, -0.2) is 28.4 Å². The number of halogens is 1. The second kappa shape index (κ2) is 4.82. The molecule has 0 bridgehead atoms. The van der Waals surface area contributed by atoms with Gasteiger partial charge >= 0.3 is 5.97 Å². The van der Waals surface area contributed by atoms with Crippen molar-refractivity contribution in [2.75, 3.05) is 13.1 Å². The van der Waals surface area contributed by atoms with Crippen molar-refractivity contribution < 1.29 is 9.63 Å². The Hall–Kier alpha value is -0.0900. The van der Waals surface area contributed by atoms with E-state index in [2.05, 4.69) is 15.9 Å². The van der Waals surface area contributed by atoms with E-state index in [1.54, 1.807) is 18.9 Å². The van der Waals surface area contributed by atoms with E-state index in [1.165, 1.54) is 0 Å². The lowest BCUT2D eigenvalue weighted by Crippen LogP contribution is -2.35. The van der Waals surface area contributed by atoms with Gasteiger partial charge < -0.3 is 4.84 Å². The summed E-state index contributed by atoms with van der Waals surface area (Å²) in [5.41, 5.74) is 0. The van der Waals surface area contributed by atoms with Gasteiger partial charge in [-0.15, -0.1) is 5.06 Å². The minimum absolute atomic E-state index is 0.258. The van der Waals surface area contributed by atoms with Crippen LogP contribution in [0.1, 0.15) is 27.7 Å². The summed E-state index contributed by atoms with van der Waals surface area (Å²) in [5, 5.41) is 1.62. The minimum atomic E-state index is -0.602. The van der Waals surface area contributed by atoms with Crippen LogP contribution in [0.15, 0.2) is 0 Å². The number of hydrogen-bond donors (Lipinski definition) is 0. The Morgan fingerprint density at radius 1 is 1.42 bits per heavy atom. The molecule has 0 radical (unpaired) electrons. The first-order chi connectivity index (χ1) is 5.41.